The molecule has 70 valence electrons. The quantitative estimate of drug-likeness (QED) is 0.685. The third-order valence-electron chi connectivity index (χ3n) is 2.16. The van der Waals surface area contributed by atoms with Crippen LogP contribution in [0.4, 0.5) is 0 Å². The van der Waals surface area contributed by atoms with Crippen molar-refractivity contribution in [2.75, 3.05) is 0 Å². The molecule has 0 saturated heterocycles. The minimum Gasteiger partial charge on any atom is -0.431 e. The lowest BCUT2D eigenvalue weighted by Gasteiger charge is -2.03. The van der Waals surface area contributed by atoms with E-state index in [-0.39, 0.29) is 5.63 Å². The van der Waals surface area contributed by atoms with Gasteiger partial charge in [-0.15, -0.1) is 0 Å². The van der Waals surface area contributed by atoms with Gasteiger partial charge in [0.1, 0.15) is 0 Å². The topological polar surface area (TPSA) is 30.2 Å². The number of hydrogen-bond donors (Lipinski definition) is 0. The van der Waals surface area contributed by atoms with E-state index in [0.29, 0.717) is 0 Å². The van der Waals surface area contributed by atoms with Crippen LogP contribution in [0.5, 0.6) is 0 Å². The van der Waals surface area contributed by atoms with Gasteiger partial charge in [-0.2, -0.15) is 0 Å². The number of hydrogen-bond acceptors (Lipinski definition) is 2. The predicted molar refractivity (Wildman–Crippen MR) is 55.2 cm³/mol. The third-order valence-corrected chi connectivity index (χ3v) is 2.16. The van der Waals surface area contributed by atoms with Crippen LogP contribution >= 0.6 is 0 Å². The predicted octanol–water partition coefficient (Wildman–Crippen LogP) is 2.62. The van der Waals surface area contributed by atoms with Crippen molar-refractivity contribution in [2.45, 2.75) is 6.92 Å². The largest absolute Gasteiger partial charge is 0.431 e. The zero-order valence-corrected chi connectivity index (χ0v) is 7.86. The Morgan fingerprint density at radius 3 is 2.64 bits per heavy atom. The van der Waals surface area contributed by atoms with Crippen LogP contribution in [-0.2, 0) is 0 Å². The zero-order chi connectivity index (χ0) is 9.97. The molecule has 2 heteroatoms. The highest BCUT2D eigenvalue weighted by Crippen LogP contribution is 2.20. The monoisotopic (exact) mass is 186 g/mol. The van der Waals surface area contributed by atoms with Gasteiger partial charge in [0.15, 0.2) is 0 Å². The molecule has 0 fully saturated rings. The maximum atomic E-state index is 11.0. The summed E-state index contributed by atoms with van der Waals surface area (Å²) in [5, 5.41) is 0. The Morgan fingerprint density at radius 2 is 1.93 bits per heavy atom. The molecule has 0 saturated carbocycles. The van der Waals surface area contributed by atoms with Crippen LogP contribution in [0, 0.1) is 6.92 Å². The Balaban J connectivity index is 2.61. The van der Waals surface area contributed by atoms with Gasteiger partial charge < -0.3 is 4.42 Å². The van der Waals surface area contributed by atoms with Gasteiger partial charge in [0.2, 0.25) is 0 Å². The van der Waals surface area contributed by atoms with Crippen molar-refractivity contribution in [3.05, 3.63) is 58.6 Å². The first kappa shape index (κ1) is 8.75. The Hall–Kier alpha value is -1.83. The highest BCUT2D eigenvalue weighted by atomic mass is 16.4. The molecule has 1 heterocycles. The first-order valence-corrected chi connectivity index (χ1v) is 4.42. The van der Waals surface area contributed by atoms with Crippen molar-refractivity contribution in [3.63, 3.8) is 0 Å². The first-order valence-electron chi connectivity index (χ1n) is 4.42. The maximum Gasteiger partial charge on any atom is 0.336 e. The molecule has 1 aromatic carbocycles. The van der Waals surface area contributed by atoms with E-state index < -0.39 is 0 Å². The summed E-state index contributed by atoms with van der Waals surface area (Å²) in [6.45, 7) is 2.02. The summed E-state index contributed by atoms with van der Waals surface area (Å²) < 4.78 is 4.67. The Bertz CT molecular complexity index is 497. The molecule has 0 unspecified atom stereocenters. The molecule has 2 rings (SSSR count). The molecular formula is C12H10O2. The molecule has 0 aliphatic rings. The van der Waals surface area contributed by atoms with Gasteiger partial charge in [-0.1, -0.05) is 24.3 Å². The van der Waals surface area contributed by atoms with Gasteiger partial charge in [-0.3, -0.25) is 0 Å². The van der Waals surface area contributed by atoms with Crippen LogP contribution in [0.15, 0.2) is 51.9 Å². The molecule has 0 bridgehead atoms. The average molecular weight is 186 g/mol. The van der Waals surface area contributed by atoms with Gasteiger partial charge in [0.05, 0.1) is 6.26 Å². The van der Waals surface area contributed by atoms with E-state index >= 15 is 0 Å². The fourth-order valence-electron chi connectivity index (χ4n) is 1.45. The summed E-state index contributed by atoms with van der Waals surface area (Å²) in [6.07, 6.45) is 1.42. The SMILES string of the molecule is Cc1ccccc1-c1ccoc(=O)c1. The average Bonchev–Trinajstić information content (AvgIpc) is 2.18. The van der Waals surface area contributed by atoms with Crippen molar-refractivity contribution >= 4 is 0 Å². The third kappa shape index (κ3) is 1.59. The molecule has 0 N–H and O–H groups in total. The minimum absolute atomic E-state index is 0.314. The second-order valence-corrected chi connectivity index (χ2v) is 3.15. The van der Waals surface area contributed by atoms with E-state index in [1.54, 1.807) is 6.07 Å². The molecule has 0 spiro atoms. The molecule has 0 aliphatic carbocycles. The van der Waals surface area contributed by atoms with E-state index in [2.05, 4.69) is 4.42 Å². The van der Waals surface area contributed by atoms with E-state index in [0.717, 1.165) is 16.7 Å². The molecule has 0 atom stereocenters. The fourth-order valence-corrected chi connectivity index (χ4v) is 1.45. The molecule has 2 aromatic rings. The maximum absolute atomic E-state index is 11.0. The van der Waals surface area contributed by atoms with Crippen molar-refractivity contribution < 1.29 is 4.42 Å². The van der Waals surface area contributed by atoms with Crippen LogP contribution in [0.2, 0.25) is 0 Å². The van der Waals surface area contributed by atoms with Crippen LogP contribution in [-0.4, -0.2) is 0 Å². The van der Waals surface area contributed by atoms with Gasteiger partial charge in [0.25, 0.3) is 0 Å². The van der Waals surface area contributed by atoms with Gasteiger partial charge in [0, 0.05) is 6.07 Å². The van der Waals surface area contributed by atoms with E-state index in [1.165, 1.54) is 12.3 Å². The standard InChI is InChI=1S/C12H10O2/c1-9-4-2-3-5-11(9)10-6-7-14-12(13)8-10/h2-8H,1H3. The summed E-state index contributed by atoms with van der Waals surface area (Å²) in [5.41, 5.74) is 2.81. The minimum atomic E-state index is -0.314. The normalized spacial score (nSPS) is 10.1. The highest BCUT2D eigenvalue weighted by Gasteiger charge is 2.00. The first-order chi connectivity index (χ1) is 6.77. The molecule has 2 nitrogen and oxygen atoms in total. The summed E-state index contributed by atoms with van der Waals surface area (Å²) in [6, 6.07) is 11.2. The van der Waals surface area contributed by atoms with Crippen LogP contribution in [0.25, 0.3) is 11.1 Å². The molecule has 1 aromatic heterocycles. The lowest BCUT2D eigenvalue weighted by molar-refractivity contribution is 0.511. The van der Waals surface area contributed by atoms with Crippen molar-refractivity contribution in [2.24, 2.45) is 0 Å². The number of benzene rings is 1. The Labute approximate surface area is 81.8 Å². The molecule has 0 aliphatic heterocycles. The van der Waals surface area contributed by atoms with Gasteiger partial charge >= 0.3 is 5.63 Å². The molecule has 14 heavy (non-hydrogen) atoms. The summed E-state index contributed by atoms with van der Waals surface area (Å²) in [5.74, 6) is 0. The van der Waals surface area contributed by atoms with Crippen LogP contribution < -0.4 is 5.63 Å². The summed E-state index contributed by atoms with van der Waals surface area (Å²) in [4.78, 5) is 11.0. The summed E-state index contributed by atoms with van der Waals surface area (Å²) in [7, 11) is 0. The zero-order valence-electron chi connectivity index (χ0n) is 7.86. The Kier molecular flexibility index (Phi) is 2.19. The number of aryl methyl sites for hydroxylation is 1. The smallest absolute Gasteiger partial charge is 0.336 e. The summed E-state index contributed by atoms with van der Waals surface area (Å²) >= 11 is 0. The lowest BCUT2D eigenvalue weighted by atomic mass is 10.0. The van der Waals surface area contributed by atoms with E-state index in [9.17, 15) is 4.79 Å². The molecule has 0 radical (unpaired) electrons. The van der Waals surface area contributed by atoms with E-state index in [1.807, 2.05) is 31.2 Å². The number of rotatable bonds is 1. The second-order valence-electron chi connectivity index (χ2n) is 3.15. The molecular weight excluding hydrogens is 176 g/mol. The van der Waals surface area contributed by atoms with E-state index in [4.69, 9.17) is 0 Å². The van der Waals surface area contributed by atoms with Crippen LogP contribution in [0.3, 0.4) is 0 Å². The van der Waals surface area contributed by atoms with Gasteiger partial charge in [-0.25, -0.2) is 4.79 Å². The highest BCUT2D eigenvalue weighted by molar-refractivity contribution is 5.66. The lowest BCUT2D eigenvalue weighted by Crippen LogP contribution is -1.95. The van der Waals surface area contributed by atoms with Gasteiger partial charge in [-0.05, 0) is 29.7 Å². The van der Waals surface area contributed by atoms with Crippen molar-refractivity contribution in [1.82, 2.24) is 0 Å². The van der Waals surface area contributed by atoms with Crippen LogP contribution in [0.1, 0.15) is 5.56 Å². The Morgan fingerprint density at radius 1 is 1.14 bits per heavy atom. The second kappa shape index (κ2) is 3.50. The fraction of sp³-hybridized carbons (Fsp3) is 0.0833. The van der Waals surface area contributed by atoms with Crippen molar-refractivity contribution in [3.8, 4) is 11.1 Å². The van der Waals surface area contributed by atoms with Crippen molar-refractivity contribution in [1.29, 1.82) is 0 Å². The molecule has 0 amide bonds.